The van der Waals surface area contributed by atoms with E-state index in [2.05, 4.69) is 30.3 Å². The highest BCUT2D eigenvalue weighted by Crippen LogP contribution is 2.31. The Kier molecular flexibility index (Phi) is 3.75. The van der Waals surface area contributed by atoms with E-state index in [0.29, 0.717) is 11.8 Å². The number of hydrogen-bond acceptors (Lipinski definition) is 2. The zero-order valence-corrected chi connectivity index (χ0v) is 9.06. The minimum absolute atomic E-state index is 0.579. The smallest absolute Gasteiger partial charge is 0.0471 e. The summed E-state index contributed by atoms with van der Waals surface area (Å²) in [7, 11) is 0. The van der Waals surface area contributed by atoms with Gasteiger partial charge in [0, 0.05) is 13.2 Å². The second-order valence-electron chi connectivity index (χ2n) is 4.20. The monoisotopic (exact) mass is 205 g/mol. The van der Waals surface area contributed by atoms with E-state index in [1.807, 2.05) is 0 Å². The maximum absolute atomic E-state index is 5.84. The molecule has 1 heterocycles. The van der Waals surface area contributed by atoms with Gasteiger partial charge in [-0.25, -0.2) is 0 Å². The van der Waals surface area contributed by atoms with Gasteiger partial charge in [-0.2, -0.15) is 0 Å². The normalized spacial score (nSPS) is 27.3. The van der Waals surface area contributed by atoms with E-state index >= 15 is 0 Å². The molecule has 1 aliphatic rings. The van der Waals surface area contributed by atoms with E-state index < -0.39 is 0 Å². The van der Waals surface area contributed by atoms with Crippen LogP contribution >= 0.6 is 0 Å². The molecule has 82 valence electrons. The van der Waals surface area contributed by atoms with Crippen molar-refractivity contribution < 1.29 is 4.74 Å². The third kappa shape index (κ3) is 2.58. The van der Waals surface area contributed by atoms with Gasteiger partial charge < -0.3 is 10.5 Å². The molecule has 2 unspecified atom stereocenters. The van der Waals surface area contributed by atoms with Gasteiger partial charge in [-0.15, -0.1) is 0 Å². The van der Waals surface area contributed by atoms with Gasteiger partial charge in [0.25, 0.3) is 0 Å². The number of ether oxygens (including phenoxy) is 1. The summed E-state index contributed by atoms with van der Waals surface area (Å²) in [5, 5.41) is 0. The van der Waals surface area contributed by atoms with E-state index in [1.165, 1.54) is 5.56 Å². The van der Waals surface area contributed by atoms with Crippen LogP contribution in [-0.4, -0.2) is 19.8 Å². The topological polar surface area (TPSA) is 35.2 Å². The van der Waals surface area contributed by atoms with Crippen molar-refractivity contribution in [2.75, 3.05) is 19.8 Å². The molecule has 1 aromatic rings. The van der Waals surface area contributed by atoms with Gasteiger partial charge in [-0.05, 0) is 36.8 Å². The Bertz CT molecular complexity index is 286. The molecule has 0 bridgehead atoms. The number of benzene rings is 1. The van der Waals surface area contributed by atoms with Crippen LogP contribution in [0, 0.1) is 5.92 Å². The van der Waals surface area contributed by atoms with Crippen molar-refractivity contribution in [3.05, 3.63) is 35.9 Å². The molecule has 0 radical (unpaired) electrons. The lowest BCUT2D eigenvalue weighted by Crippen LogP contribution is -2.22. The molecular weight excluding hydrogens is 186 g/mol. The fraction of sp³-hybridized carbons (Fsp3) is 0.538. The fourth-order valence-corrected chi connectivity index (χ4v) is 2.41. The maximum atomic E-state index is 5.84. The second kappa shape index (κ2) is 5.29. The van der Waals surface area contributed by atoms with Gasteiger partial charge in [-0.3, -0.25) is 0 Å². The molecule has 0 saturated carbocycles. The van der Waals surface area contributed by atoms with Crippen LogP contribution in [-0.2, 0) is 4.74 Å². The molecule has 2 N–H and O–H groups in total. The van der Waals surface area contributed by atoms with Crippen molar-refractivity contribution >= 4 is 0 Å². The number of nitrogens with two attached hydrogens (primary N) is 1. The summed E-state index contributed by atoms with van der Waals surface area (Å²) in [4.78, 5) is 0. The van der Waals surface area contributed by atoms with Crippen molar-refractivity contribution in [2.24, 2.45) is 11.7 Å². The average molecular weight is 205 g/mol. The Labute approximate surface area is 91.4 Å². The first-order valence-corrected chi connectivity index (χ1v) is 5.74. The largest absolute Gasteiger partial charge is 0.381 e. The molecule has 0 spiro atoms. The van der Waals surface area contributed by atoms with Crippen LogP contribution in [0.2, 0.25) is 0 Å². The third-order valence-electron chi connectivity index (χ3n) is 3.31. The Balaban J connectivity index is 2.16. The lowest BCUT2D eigenvalue weighted by Gasteiger charge is -2.23. The van der Waals surface area contributed by atoms with Crippen LogP contribution in [0.1, 0.15) is 24.3 Å². The summed E-state index contributed by atoms with van der Waals surface area (Å²) >= 11 is 0. The zero-order valence-electron chi connectivity index (χ0n) is 9.06. The molecule has 1 aliphatic heterocycles. The average Bonchev–Trinajstić information content (AvgIpc) is 2.55. The van der Waals surface area contributed by atoms with Crippen LogP contribution in [0.15, 0.2) is 30.3 Å². The molecule has 0 aliphatic carbocycles. The van der Waals surface area contributed by atoms with Gasteiger partial charge in [0.05, 0.1) is 0 Å². The minimum Gasteiger partial charge on any atom is -0.381 e. The van der Waals surface area contributed by atoms with E-state index in [0.717, 1.165) is 32.6 Å². The molecule has 2 nitrogen and oxygen atoms in total. The second-order valence-corrected chi connectivity index (χ2v) is 4.20. The Hall–Kier alpha value is -0.860. The highest BCUT2D eigenvalue weighted by atomic mass is 16.5. The summed E-state index contributed by atoms with van der Waals surface area (Å²) in [6.45, 7) is 2.50. The van der Waals surface area contributed by atoms with Gasteiger partial charge in [-0.1, -0.05) is 30.3 Å². The van der Waals surface area contributed by atoms with Crippen molar-refractivity contribution in [1.29, 1.82) is 0 Å². The SMILES string of the molecule is NCC1CCOCCC1c1ccccc1. The Morgan fingerprint density at radius 3 is 2.60 bits per heavy atom. The van der Waals surface area contributed by atoms with Crippen molar-refractivity contribution in [1.82, 2.24) is 0 Å². The third-order valence-corrected chi connectivity index (χ3v) is 3.31. The summed E-state index contributed by atoms with van der Waals surface area (Å²) in [6, 6.07) is 10.7. The molecule has 1 aromatic carbocycles. The molecule has 1 fully saturated rings. The first-order chi connectivity index (χ1) is 7.42. The highest BCUT2D eigenvalue weighted by Gasteiger charge is 2.23. The van der Waals surface area contributed by atoms with Crippen LogP contribution in [0.5, 0.6) is 0 Å². The molecule has 2 atom stereocenters. The molecule has 2 rings (SSSR count). The molecule has 2 heteroatoms. The van der Waals surface area contributed by atoms with E-state index in [-0.39, 0.29) is 0 Å². The van der Waals surface area contributed by atoms with Crippen molar-refractivity contribution in [3.8, 4) is 0 Å². The molecule has 0 amide bonds. The fourth-order valence-electron chi connectivity index (χ4n) is 2.41. The van der Waals surface area contributed by atoms with Gasteiger partial charge in [0.15, 0.2) is 0 Å². The molecular formula is C13H19NO. The first-order valence-electron chi connectivity index (χ1n) is 5.74. The van der Waals surface area contributed by atoms with Crippen molar-refractivity contribution in [2.45, 2.75) is 18.8 Å². The molecule has 0 aromatic heterocycles. The summed E-state index contributed by atoms with van der Waals surface area (Å²) in [5.41, 5.74) is 7.26. The first kappa shape index (κ1) is 10.7. The Morgan fingerprint density at radius 2 is 1.87 bits per heavy atom. The van der Waals surface area contributed by atoms with Crippen LogP contribution in [0.4, 0.5) is 0 Å². The summed E-state index contributed by atoms with van der Waals surface area (Å²) in [5.74, 6) is 1.16. The lowest BCUT2D eigenvalue weighted by atomic mass is 9.82. The van der Waals surface area contributed by atoms with Gasteiger partial charge in [0.1, 0.15) is 0 Å². The Morgan fingerprint density at radius 1 is 1.13 bits per heavy atom. The number of hydrogen-bond donors (Lipinski definition) is 1. The van der Waals surface area contributed by atoms with Gasteiger partial charge in [0.2, 0.25) is 0 Å². The lowest BCUT2D eigenvalue weighted by molar-refractivity contribution is 0.141. The van der Waals surface area contributed by atoms with Crippen LogP contribution in [0.25, 0.3) is 0 Å². The minimum atomic E-state index is 0.579. The van der Waals surface area contributed by atoms with Crippen LogP contribution < -0.4 is 5.73 Å². The summed E-state index contributed by atoms with van der Waals surface area (Å²) < 4.78 is 5.52. The predicted molar refractivity (Wildman–Crippen MR) is 61.8 cm³/mol. The molecule has 1 saturated heterocycles. The van der Waals surface area contributed by atoms with E-state index in [4.69, 9.17) is 10.5 Å². The van der Waals surface area contributed by atoms with E-state index in [1.54, 1.807) is 0 Å². The zero-order chi connectivity index (χ0) is 10.5. The molecule has 15 heavy (non-hydrogen) atoms. The maximum Gasteiger partial charge on any atom is 0.0471 e. The van der Waals surface area contributed by atoms with Crippen LogP contribution in [0.3, 0.4) is 0 Å². The quantitative estimate of drug-likeness (QED) is 0.803. The highest BCUT2D eigenvalue weighted by molar-refractivity contribution is 5.20. The van der Waals surface area contributed by atoms with Crippen molar-refractivity contribution in [3.63, 3.8) is 0 Å². The number of rotatable bonds is 2. The summed E-state index contributed by atoms with van der Waals surface area (Å²) in [6.07, 6.45) is 2.20. The van der Waals surface area contributed by atoms with Gasteiger partial charge >= 0.3 is 0 Å². The standard InChI is InChI=1S/C13H19NO/c14-10-12-6-8-15-9-7-13(12)11-4-2-1-3-5-11/h1-5,12-13H,6-10,14H2. The predicted octanol–water partition coefficient (Wildman–Crippen LogP) is 2.16. The van der Waals surface area contributed by atoms with E-state index in [9.17, 15) is 0 Å².